The molecule has 0 heterocycles. The van der Waals surface area contributed by atoms with Crippen molar-refractivity contribution in [2.24, 2.45) is 4.99 Å². The van der Waals surface area contributed by atoms with Crippen molar-refractivity contribution in [3.05, 3.63) is 65.5 Å². The molecule has 0 saturated carbocycles. The van der Waals surface area contributed by atoms with Crippen molar-refractivity contribution in [2.45, 2.75) is 13.3 Å². The highest BCUT2D eigenvalue weighted by molar-refractivity contribution is 5.94. The monoisotopic (exact) mass is 366 g/mol. The normalized spacial score (nSPS) is 10.8. The number of terminal acetylenes is 1. The van der Waals surface area contributed by atoms with Crippen molar-refractivity contribution in [1.29, 1.82) is 0 Å². The lowest BCUT2D eigenvalue weighted by atomic mass is 10.1. The van der Waals surface area contributed by atoms with Crippen LogP contribution >= 0.6 is 0 Å². The zero-order valence-corrected chi connectivity index (χ0v) is 15.3. The number of amides is 1. The molecule has 140 valence electrons. The molecule has 0 spiro atoms. The van der Waals surface area contributed by atoms with Gasteiger partial charge in [-0.2, -0.15) is 0 Å². The van der Waals surface area contributed by atoms with Gasteiger partial charge in [0.05, 0.1) is 0 Å². The highest BCUT2D eigenvalue weighted by atomic mass is 19.1. The maximum absolute atomic E-state index is 13.2. The highest BCUT2D eigenvalue weighted by Gasteiger charge is 2.04. The van der Waals surface area contributed by atoms with Gasteiger partial charge >= 0.3 is 0 Å². The first-order chi connectivity index (χ1) is 13.1. The Bertz CT molecular complexity index is 842. The lowest BCUT2D eigenvalue weighted by Crippen LogP contribution is -2.39. The third kappa shape index (κ3) is 7.20. The summed E-state index contributed by atoms with van der Waals surface area (Å²) in [6.45, 7) is 3.14. The van der Waals surface area contributed by atoms with E-state index in [0.717, 1.165) is 5.56 Å². The molecule has 3 N–H and O–H groups in total. The van der Waals surface area contributed by atoms with E-state index >= 15 is 0 Å². The third-order valence-electron chi connectivity index (χ3n) is 3.63. The first kappa shape index (κ1) is 20.0. The molecule has 0 aliphatic carbocycles. The van der Waals surface area contributed by atoms with E-state index in [4.69, 9.17) is 6.42 Å². The molecule has 0 atom stereocenters. The predicted octanol–water partition coefficient (Wildman–Crippen LogP) is 2.54. The minimum absolute atomic E-state index is 0.0322. The molecule has 27 heavy (non-hydrogen) atoms. The maximum atomic E-state index is 13.2. The van der Waals surface area contributed by atoms with Crippen molar-refractivity contribution < 1.29 is 9.18 Å². The molecular formula is C21H23FN4O. The Kier molecular flexibility index (Phi) is 7.86. The molecule has 0 aliphatic rings. The van der Waals surface area contributed by atoms with Crippen LogP contribution in [0.3, 0.4) is 0 Å². The highest BCUT2D eigenvalue weighted by Crippen LogP contribution is 2.09. The number of carbonyl (C=O) groups is 1. The molecule has 2 aromatic carbocycles. The van der Waals surface area contributed by atoms with Crippen LogP contribution in [-0.4, -0.2) is 31.5 Å². The fourth-order valence-corrected chi connectivity index (χ4v) is 2.40. The zero-order valence-electron chi connectivity index (χ0n) is 15.3. The molecule has 5 nitrogen and oxygen atoms in total. The van der Waals surface area contributed by atoms with Crippen LogP contribution < -0.4 is 16.0 Å². The number of nitrogens with one attached hydrogen (secondary N) is 3. The summed E-state index contributed by atoms with van der Waals surface area (Å²) in [6, 6.07) is 13.5. The average molecular weight is 366 g/mol. The van der Waals surface area contributed by atoms with Crippen molar-refractivity contribution in [2.75, 3.05) is 25.0 Å². The van der Waals surface area contributed by atoms with Crippen LogP contribution in [0.1, 0.15) is 18.1 Å². The SMILES string of the molecule is C#Cc1cccc(NC(=O)CN=C(NCC)NCCc2cccc(F)c2)c1. The summed E-state index contributed by atoms with van der Waals surface area (Å²) in [7, 11) is 0. The summed E-state index contributed by atoms with van der Waals surface area (Å²) in [6.07, 6.45) is 6.00. The number of rotatable bonds is 7. The minimum Gasteiger partial charge on any atom is -0.357 e. The Morgan fingerprint density at radius 2 is 2.00 bits per heavy atom. The van der Waals surface area contributed by atoms with E-state index < -0.39 is 0 Å². The molecule has 2 rings (SSSR count). The molecule has 0 bridgehead atoms. The van der Waals surface area contributed by atoms with E-state index in [1.54, 1.807) is 30.3 Å². The van der Waals surface area contributed by atoms with Crippen LogP contribution in [0.2, 0.25) is 0 Å². The molecule has 0 aromatic heterocycles. The number of carbonyl (C=O) groups excluding carboxylic acids is 1. The Morgan fingerprint density at radius 1 is 1.19 bits per heavy atom. The number of nitrogens with zero attached hydrogens (tertiary/aromatic N) is 1. The zero-order chi connectivity index (χ0) is 19.5. The molecule has 6 heteroatoms. The largest absolute Gasteiger partial charge is 0.357 e. The van der Waals surface area contributed by atoms with Gasteiger partial charge in [-0.15, -0.1) is 6.42 Å². The summed E-state index contributed by atoms with van der Waals surface area (Å²) in [5, 5.41) is 8.98. The van der Waals surface area contributed by atoms with Crippen LogP contribution in [0, 0.1) is 18.2 Å². The fourth-order valence-electron chi connectivity index (χ4n) is 2.40. The van der Waals surface area contributed by atoms with Crippen molar-refractivity contribution in [1.82, 2.24) is 10.6 Å². The Morgan fingerprint density at radius 3 is 2.74 bits per heavy atom. The summed E-state index contributed by atoms with van der Waals surface area (Å²) in [5.41, 5.74) is 2.22. The van der Waals surface area contributed by atoms with E-state index in [1.807, 2.05) is 13.0 Å². The van der Waals surface area contributed by atoms with Gasteiger partial charge in [-0.05, 0) is 49.2 Å². The van der Waals surface area contributed by atoms with Crippen LogP contribution in [0.25, 0.3) is 0 Å². The third-order valence-corrected chi connectivity index (χ3v) is 3.63. The first-order valence-electron chi connectivity index (χ1n) is 8.74. The topological polar surface area (TPSA) is 65.5 Å². The lowest BCUT2D eigenvalue weighted by Gasteiger charge is -2.11. The molecular weight excluding hydrogens is 343 g/mol. The van der Waals surface area contributed by atoms with E-state index in [0.29, 0.717) is 36.7 Å². The second kappa shape index (κ2) is 10.6. The van der Waals surface area contributed by atoms with Gasteiger partial charge in [-0.25, -0.2) is 9.38 Å². The number of benzene rings is 2. The lowest BCUT2D eigenvalue weighted by molar-refractivity contribution is -0.114. The van der Waals surface area contributed by atoms with Crippen LogP contribution in [0.15, 0.2) is 53.5 Å². The van der Waals surface area contributed by atoms with Gasteiger partial charge in [-0.3, -0.25) is 4.79 Å². The van der Waals surface area contributed by atoms with Gasteiger partial charge in [0.25, 0.3) is 0 Å². The molecule has 1 amide bonds. The summed E-state index contributed by atoms with van der Waals surface area (Å²) < 4.78 is 13.2. The average Bonchev–Trinajstić information content (AvgIpc) is 2.66. The van der Waals surface area contributed by atoms with Gasteiger partial charge in [0.2, 0.25) is 5.91 Å². The summed E-state index contributed by atoms with van der Waals surface area (Å²) >= 11 is 0. The van der Waals surface area contributed by atoms with Crippen LogP contribution in [0.4, 0.5) is 10.1 Å². The number of anilines is 1. The van der Waals surface area contributed by atoms with Gasteiger partial charge in [0.15, 0.2) is 5.96 Å². The molecule has 2 aromatic rings. The predicted molar refractivity (Wildman–Crippen MR) is 107 cm³/mol. The molecule has 0 aliphatic heterocycles. The molecule has 0 unspecified atom stereocenters. The fraction of sp³-hybridized carbons (Fsp3) is 0.238. The van der Waals surface area contributed by atoms with Crippen LogP contribution in [-0.2, 0) is 11.2 Å². The van der Waals surface area contributed by atoms with Gasteiger partial charge in [0, 0.05) is 24.3 Å². The van der Waals surface area contributed by atoms with Crippen molar-refractivity contribution >= 4 is 17.6 Å². The summed E-state index contributed by atoms with van der Waals surface area (Å²) in [4.78, 5) is 16.4. The maximum Gasteiger partial charge on any atom is 0.246 e. The van der Waals surface area contributed by atoms with Crippen molar-refractivity contribution in [3.63, 3.8) is 0 Å². The quantitative estimate of drug-likeness (QED) is 0.401. The number of halogens is 1. The standard InChI is InChI=1S/C21H23FN4O/c1-3-16-7-6-10-19(14-16)26-20(27)15-25-21(23-4-2)24-12-11-17-8-5-9-18(22)13-17/h1,5-10,13-14H,4,11-12,15H2,2H3,(H,26,27)(H2,23,24,25). The number of hydrogen-bond donors (Lipinski definition) is 3. The number of hydrogen-bond acceptors (Lipinski definition) is 2. The Hall–Kier alpha value is -3.33. The first-order valence-corrected chi connectivity index (χ1v) is 8.74. The van der Waals surface area contributed by atoms with Gasteiger partial charge < -0.3 is 16.0 Å². The van der Waals surface area contributed by atoms with Gasteiger partial charge in [0.1, 0.15) is 12.4 Å². The van der Waals surface area contributed by atoms with Crippen molar-refractivity contribution in [3.8, 4) is 12.3 Å². The summed E-state index contributed by atoms with van der Waals surface area (Å²) in [5.74, 6) is 2.56. The molecule has 0 radical (unpaired) electrons. The Labute approximate surface area is 159 Å². The van der Waals surface area contributed by atoms with E-state index in [9.17, 15) is 9.18 Å². The second-order valence-electron chi connectivity index (χ2n) is 5.78. The molecule has 0 fully saturated rings. The molecule has 0 saturated heterocycles. The number of aliphatic imine (C=N–C) groups is 1. The van der Waals surface area contributed by atoms with Gasteiger partial charge in [-0.1, -0.05) is 24.1 Å². The Balaban J connectivity index is 1.86. The number of guanidine groups is 1. The van der Waals surface area contributed by atoms with E-state index in [1.165, 1.54) is 12.1 Å². The van der Waals surface area contributed by atoms with Crippen LogP contribution in [0.5, 0.6) is 0 Å². The van der Waals surface area contributed by atoms with E-state index in [2.05, 4.69) is 26.9 Å². The van der Waals surface area contributed by atoms with E-state index in [-0.39, 0.29) is 18.3 Å². The minimum atomic E-state index is -0.251. The second-order valence-corrected chi connectivity index (χ2v) is 5.78. The smallest absolute Gasteiger partial charge is 0.246 e.